The summed E-state index contributed by atoms with van der Waals surface area (Å²) in [4.78, 5) is 6.01. The Bertz CT molecular complexity index is 585. The molecule has 21 heavy (non-hydrogen) atoms. The summed E-state index contributed by atoms with van der Waals surface area (Å²) in [6.45, 7) is 0. The van der Waals surface area contributed by atoms with Crippen molar-refractivity contribution in [2.75, 3.05) is 0 Å². The highest BCUT2D eigenvalue weighted by Gasteiger charge is 2.26. The van der Waals surface area contributed by atoms with Gasteiger partial charge < -0.3 is 0 Å². The molecule has 0 bridgehead atoms. The smallest absolute Gasteiger partial charge is 0.0827 e. The lowest BCUT2D eigenvalue weighted by Gasteiger charge is -2.29. The predicted molar refractivity (Wildman–Crippen MR) is 84.0 cm³/mol. The van der Waals surface area contributed by atoms with Crippen molar-refractivity contribution in [1.29, 1.82) is 0 Å². The average Bonchev–Trinajstić information content (AvgIpc) is 3.05. The Hall–Kier alpha value is -1.64. The largest absolute Gasteiger partial charge is 0.298 e. The molecule has 2 nitrogen and oxygen atoms in total. The Kier molecular flexibility index (Phi) is 3.50. The third-order valence-electron chi connectivity index (χ3n) is 4.77. The first-order valence-corrected chi connectivity index (χ1v) is 7.98. The first kappa shape index (κ1) is 13.1. The molecule has 0 amide bonds. The van der Waals surface area contributed by atoms with Crippen molar-refractivity contribution in [3.05, 3.63) is 70.8 Å². The van der Waals surface area contributed by atoms with Crippen molar-refractivity contribution < 1.29 is 4.84 Å². The lowest BCUT2D eigenvalue weighted by Crippen LogP contribution is -2.30. The van der Waals surface area contributed by atoms with Crippen LogP contribution in [0.25, 0.3) is 0 Å². The van der Waals surface area contributed by atoms with Crippen LogP contribution in [0.15, 0.2) is 48.5 Å². The normalized spacial score (nSPS) is 18.5. The molecule has 2 aromatic carbocycles. The number of fused-ring (bicyclic) bond motifs is 2. The monoisotopic (exact) mass is 279 g/mol. The fraction of sp³-hybridized carbons (Fsp3) is 0.368. The number of hydrogen-bond donors (Lipinski definition) is 1. The fourth-order valence-electron chi connectivity index (χ4n) is 3.62. The molecule has 1 fully saturated rings. The quantitative estimate of drug-likeness (QED) is 0.852. The lowest BCUT2D eigenvalue weighted by molar-refractivity contribution is -0.0345. The van der Waals surface area contributed by atoms with E-state index in [9.17, 15) is 0 Å². The summed E-state index contributed by atoms with van der Waals surface area (Å²) >= 11 is 0. The first-order valence-electron chi connectivity index (χ1n) is 7.98. The molecular weight excluding hydrogens is 258 g/mol. The number of rotatable bonds is 3. The highest BCUT2D eigenvalue weighted by atomic mass is 16.7. The van der Waals surface area contributed by atoms with Crippen molar-refractivity contribution in [3.63, 3.8) is 0 Å². The van der Waals surface area contributed by atoms with Gasteiger partial charge in [-0.3, -0.25) is 4.84 Å². The Balaban J connectivity index is 1.64. The minimum Gasteiger partial charge on any atom is -0.298 e. The van der Waals surface area contributed by atoms with Gasteiger partial charge in [-0.2, -0.15) is 5.48 Å². The zero-order valence-corrected chi connectivity index (χ0v) is 12.2. The van der Waals surface area contributed by atoms with Crippen LogP contribution >= 0.6 is 0 Å². The Morgan fingerprint density at radius 2 is 1.38 bits per heavy atom. The Morgan fingerprint density at radius 3 is 2.00 bits per heavy atom. The van der Waals surface area contributed by atoms with Crippen LogP contribution in [0.3, 0.4) is 0 Å². The minimum atomic E-state index is 0.159. The molecule has 108 valence electrons. The van der Waals surface area contributed by atoms with Crippen LogP contribution in [-0.4, -0.2) is 6.10 Å². The van der Waals surface area contributed by atoms with E-state index >= 15 is 0 Å². The molecular formula is C19H21NO. The second-order valence-corrected chi connectivity index (χ2v) is 6.15. The van der Waals surface area contributed by atoms with Gasteiger partial charge in [-0.05, 0) is 41.5 Å². The van der Waals surface area contributed by atoms with E-state index < -0.39 is 0 Å². The summed E-state index contributed by atoms with van der Waals surface area (Å²) in [5.41, 5.74) is 8.90. The fourth-order valence-corrected chi connectivity index (χ4v) is 3.62. The van der Waals surface area contributed by atoms with Crippen LogP contribution in [0.1, 0.15) is 54.0 Å². The summed E-state index contributed by atoms with van der Waals surface area (Å²) in [6, 6.07) is 17.6. The highest BCUT2D eigenvalue weighted by Crippen LogP contribution is 2.35. The molecule has 0 unspecified atom stereocenters. The minimum absolute atomic E-state index is 0.159. The molecule has 0 aliphatic heterocycles. The highest BCUT2D eigenvalue weighted by molar-refractivity contribution is 5.48. The van der Waals surface area contributed by atoms with E-state index in [1.54, 1.807) is 0 Å². The van der Waals surface area contributed by atoms with E-state index in [0.29, 0.717) is 6.10 Å². The van der Waals surface area contributed by atoms with Crippen molar-refractivity contribution >= 4 is 0 Å². The lowest BCUT2D eigenvalue weighted by atomic mass is 9.83. The SMILES string of the molecule is c1ccc2c(c1)Cc1ccccc1C2NOC1CCCC1. The van der Waals surface area contributed by atoms with E-state index in [0.717, 1.165) is 6.42 Å². The zero-order valence-electron chi connectivity index (χ0n) is 12.2. The summed E-state index contributed by atoms with van der Waals surface area (Å²) in [5.74, 6) is 0. The average molecular weight is 279 g/mol. The molecule has 0 aromatic heterocycles. The van der Waals surface area contributed by atoms with Gasteiger partial charge >= 0.3 is 0 Å². The van der Waals surface area contributed by atoms with Gasteiger partial charge in [-0.1, -0.05) is 61.4 Å². The standard InChI is InChI=1S/C19H21NO/c1-5-11-17-14(7-1)13-15-8-2-6-12-18(15)19(17)20-21-16-9-3-4-10-16/h1-2,5-8,11-12,16,19-20H,3-4,9-10,13H2. The van der Waals surface area contributed by atoms with Crippen molar-refractivity contribution in [2.45, 2.75) is 44.2 Å². The van der Waals surface area contributed by atoms with Gasteiger partial charge in [0.25, 0.3) is 0 Å². The zero-order chi connectivity index (χ0) is 14.1. The second-order valence-electron chi connectivity index (χ2n) is 6.15. The molecule has 1 N–H and O–H groups in total. The molecule has 1 saturated carbocycles. The van der Waals surface area contributed by atoms with Crippen LogP contribution in [0.2, 0.25) is 0 Å². The number of hydroxylamine groups is 1. The molecule has 0 heterocycles. The van der Waals surface area contributed by atoms with Crippen molar-refractivity contribution in [2.24, 2.45) is 0 Å². The van der Waals surface area contributed by atoms with Crippen LogP contribution in [0.4, 0.5) is 0 Å². The molecule has 2 heteroatoms. The molecule has 0 radical (unpaired) electrons. The van der Waals surface area contributed by atoms with Gasteiger partial charge in [0.2, 0.25) is 0 Å². The van der Waals surface area contributed by atoms with Gasteiger partial charge in [0, 0.05) is 0 Å². The van der Waals surface area contributed by atoms with E-state index in [-0.39, 0.29) is 6.04 Å². The summed E-state index contributed by atoms with van der Waals surface area (Å²) in [5, 5.41) is 0. The van der Waals surface area contributed by atoms with Gasteiger partial charge in [0.1, 0.15) is 0 Å². The Labute approximate surface area is 126 Å². The summed E-state index contributed by atoms with van der Waals surface area (Å²) < 4.78 is 0. The topological polar surface area (TPSA) is 21.3 Å². The van der Waals surface area contributed by atoms with Crippen LogP contribution in [-0.2, 0) is 11.3 Å². The molecule has 0 atom stereocenters. The third-order valence-corrected chi connectivity index (χ3v) is 4.77. The van der Waals surface area contributed by atoms with Crippen LogP contribution in [0, 0.1) is 0 Å². The molecule has 4 rings (SSSR count). The van der Waals surface area contributed by atoms with E-state index in [1.807, 2.05) is 0 Å². The molecule has 2 aliphatic rings. The second kappa shape index (κ2) is 5.63. The number of nitrogens with one attached hydrogen (secondary N) is 1. The van der Waals surface area contributed by atoms with Crippen LogP contribution in [0.5, 0.6) is 0 Å². The van der Waals surface area contributed by atoms with E-state index in [4.69, 9.17) is 4.84 Å². The predicted octanol–water partition coefficient (Wildman–Crippen LogP) is 4.14. The molecule has 0 saturated heterocycles. The number of benzene rings is 2. The van der Waals surface area contributed by atoms with E-state index in [1.165, 1.54) is 47.9 Å². The summed E-state index contributed by atoms with van der Waals surface area (Å²) in [6.07, 6.45) is 6.36. The van der Waals surface area contributed by atoms with Crippen molar-refractivity contribution in [3.8, 4) is 0 Å². The van der Waals surface area contributed by atoms with Gasteiger partial charge in [-0.25, -0.2) is 0 Å². The van der Waals surface area contributed by atoms with Crippen LogP contribution < -0.4 is 5.48 Å². The molecule has 2 aliphatic carbocycles. The van der Waals surface area contributed by atoms with Crippen molar-refractivity contribution in [1.82, 2.24) is 5.48 Å². The summed E-state index contributed by atoms with van der Waals surface area (Å²) in [7, 11) is 0. The first-order chi connectivity index (χ1) is 10.4. The van der Waals surface area contributed by atoms with Gasteiger partial charge in [0.05, 0.1) is 12.1 Å². The van der Waals surface area contributed by atoms with E-state index in [2.05, 4.69) is 54.0 Å². The third kappa shape index (κ3) is 2.50. The van der Waals surface area contributed by atoms with Gasteiger partial charge in [0.15, 0.2) is 0 Å². The molecule has 2 aromatic rings. The Morgan fingerprint density at radius 1 is 0.810 bits per heavy atom. The maximum absolute atomic E-state index is 6.01. The maximum Gasteiger partial charge on any atom is 0.0827 e. The van der Waals surface area contributed by atoms with Gasteiger partial charge in [-0.15, -0.1) is 0 Å². The molecule has 0 spiro atoms. The maximum atomic E-state index is 6.01. The number of hydrogen-bond acceptors (Lipinski definition) is 2.